The van der Waals surface area contributed by atoms with Crippen molar-refractivity contribution in [1.29, 1.82) is 0 Å². The zero-order valence-electron chi connectivity index (χ0n) is 11.2. The van der Waals surface area contributed by atoms with Gasteiger partial charge in [0.2, 0.25) is 0 Å². The van der Waals surface area contributed by atoms with Crippen molar-refractivity contribution >= 4 is 17.6 Å². The summed E-state index contributed by atoms with van der Waals surface area (Å²) in [6.45, 7) is 4.43. The largest absolute Gasteiger partial charge is 0.486 e. The molecule has 0 aliphatic heterocycles. The lowest BCUT2D eigenvalue weighted by molar-refractivity contribution is 0.0697. The number of halogens is 1. The van der Waals surface area contributed by atoms with Crippen LogP contribution in [-0.2, 0) is 6.61 Å². The number of benzene rings is 1. The summed E-state index contributed by atoms with van der Waals surface area (Å²) in [4.78, 5) is 14.9. The van der Waals surface area contributed by atoms with Crippen LogP contribution < -0.4 is 4.74 Å². The number of hydrogen-bond donors (Lipinski definition) is 1. The summed E-state index contributed by atoms with van der Waals surface area (Å²) in [5, 5.41) is 9.14. The third-order valence-corrected chi connectivity index (χ3v) is 3.15. The van der Waals surface area contributed by atoms with Crippen molar-refractivity contribution in [2.45, 2.75) is 26.5 Å². The van der Waals surface area contributed by atoms with E-state index in [1.165, 1.54) is 12.1 Å². The van der Waals surface area contributed by atoms with Crippen LogP contribution in [-0.4, -0.2) is 20.6 Å². The first-order chi connectivity index (χ1) is 9.49. The Bertz CT molecular complexity index is 623. The van der Waals surface area contributed by atoms with Gasteiger partial charge in [0.1, 0.15) is 12.4 Å². The smallest absolute Gasteiger partial charge is 0.335 e. The highest BCUT2D eigenvalue weighted by molar-refractivity contribution is 6.32. The van der Waals surface area contributed by atoms with Gasteiger partial charge in [0.05, 0.1) is 28.8 Å². The van der Waals surface area contributed by atoms with E-state index < -0.39 is 5.97 Å². The number of rotatable bonds is 5. The minimum atomic E-state index is -1.02. The number of ether oxygens (including phenoxy) is 1. The summed E-state index contributed by atoms with van der Waals surface area (Å²) < 4.78 is 7.62. The number of carboxylic acid groups (broad SMARTS) is 1. The van der Waals surface area contributed by atoms with Gasteiger partial charge in [-0.2, -0.15) is 0 Å². The second kappa shape index (κ2) is 5.96. The maximum absolute atomic E-state index is 10.8. The normalized spacial score (nSPS) is 10.8. The number of carboxylic acids is 1. The summed E-state index contributed by atoms with van der Waals surface area (Å²) in [5.41, 5.74) is 1.06. The highest BCUT2D eigenvalue weighted by Gasteiger charge is 2.10. The SMILES string of the molecule is CC(C)n1cncc1COc1ccc(C(=O)O)cc1Cl. The molecule has 6 heteroatoms. The molecule has 0 spiro atoms. The molecule has 106 valence electrons. The van der Waals surface area contributed by atoms with E-state index in [0.29, 0.717) is 18.4 Å². The first-order valence-corrected chi connectivity index (χ1v) is 6.53. The minimum Gasteiger partial charge on any atom is -0.486 e. The molecule has 0 radical (unpaired) electrons. The van der Waals surface area contributed by atoms with Gasteiger partial charge < -0.3 is 14.4 Å². The van der Waals surface area contributed by atoms with Gasteiger partial charge in [-0.1, -0.05) is 11.6 Å². The van der Waals surface area contributed by atoms with Crippen molar-refractivity contribution in [2.24, 2.45) is 0 Å². The van der Waals surface area contributed by atoms with Gasteiger partial charge in [0, 0.05) is 6.04 Å². The average Bonchev–Trinajstić information content (AvgIpc) is 2.85. The van der Waals surface area contributed by atoms with Gasteiger partial charge >= 0.3 is 5.97 Å². The topological polar surface area (TPSA) is 64.4 Å². The van der Waals surface area contributed by atoms with E-state index in [1.807, 2.05) is 4.57 Å². The monoisotopic (exact) mass is 294 g/mol. The number of carbonyl (C=O) groups is 1. The van der Waals surface area contributed by atoms with Crippen molar-refractivity contribution in [3.8, 4) is 5.75 Å². The Morgan fingerprint density at radius 3 is 2.85 bits per heavy atom. The van der Waals surface area contributed by atoms with Crippen molar-refractivity contribution in [2.75, 3.05) is 0 Å². The molecule has 20 heavy (non-hydrogen) atoms. The van der Waals surface area contributed by atoms with Gasteiger partial charge in [0.15, 0.2) is 0 Å². The van der Waals surface area contributed by atoms with E-state index in [1.54, 1.807) is 18.6 Å². The van der Waals surface area contributed by atoms with E-state index in [0.717, 1.165) is 5.69 Å². The van der Waals surface area contributed by atoms with Crippen LogP contribution in [0.2, 0.25) is 5.02 Å². The molecule has 0 unspecified atom stereocenters. The Labute approximate surface area is 121 Å². The maximum Gasteiger partial charge on any atom is 0.335 e. The first-order valence-electron chi connectivity index (χ1n) is 6.15. The molecule has 0 saturated heterocycles. The predicted octanol–water partition coefficient (Wildman–Crippen LogP) is 3.39. The molecular weight excluding hydrogens is 280 g/mol. The third kappa shape index (κ3) is 3.11. The Balaban J connectivity index is 2.11. The van der Waals surface area contributed by atoms with Crippen molar-refractivity contribution < 1.29 is 14.6 Å². The Morgan fingerprint density at radius 2 is 2.25 bits per heavy atom. The van der Waals surface area contributed by atoms with Crippen LogP contribution in [0.4, 0.5) is 0 Å². The highest BCUT2D eigenvalue weighted by atomic mass is 35.5. The van der Waals surface area contributed by atoms with Gasteiger partial charge in [-0.3, -0.25) is 0 Å². The van der Waals surface area contributed by atoms with E-state index >= 15 is 0 Å². The van der Waals surface area contributed by atoms with Gasteiger partial charge in [0.25, 0.3) is 0 Å². The first kappa shape index (κ1) is 14.4. The number of nitrogens with zero attached hydrogens (tertiary/aromatic N) is 2. The summed E-state index contributed by atoms with van der Waals surface area (Å²) in [6.07, 6.45) is 3.48. The molecule has 5 nitrogen and oxygen atoms in total. The summed E-state index contributed by atoms with van der Waals surface area (Å²) in [7, 11) is 0. The Kier molecular flexibility index (Phi) is 4.29. The summed E-state index contributed by atoms with van der Waals surface area (Å²) in [6, 6.07) is 4.69. The molecule has 1 heterocycles. The number of aromatic carboxylic acids is 1. The molecule has 0 aliphatic carbocycles. The molecule has 0 bridgehead atoms. The van der Waals surface area contributed by atoms with Crippen LogP contribution >= 0.6 is 11.6 Å². The van der Waals surface area contributed by atoms with Crippen molar-refractivity contribution in [3.63, 3.8) is 0 Å². The van der Waals surface area contributed by atoms with Gasteiger partial charge in [-0.15, -0.1) is 0 Å². The third-order valence-electron chi connectivity index (χ3n) is 2.86. The van der Waals surface area contributed by atoms with E-state index in [4.69, 9.17) is 21.4 Å². The molecule has 2 aromatic rings. The summed E-state index contributed by atoms with van der Waals surface area (Å²) >= 11 is 6.01. The standard InChI is InChI=1S/C14H15ClN2O3/c1-9(2)17-8-16-6-11(17)7-20-13-4-3-10(14(18)19)5-12(13)15/h3-6,8-9H,7H2,1-2H3,(H,18,19). The fourth-order valence-electron chi connectivity index (χ4n) is 1.81. The molecule has 1 N–H and O–H groups in total. The molecule has 0 fully saturated rings. The maximum atomic E-state index is 10.8. The van der Waals surface area contributed by atoms with E-state index in [2.05, 4.69) is 18.8 Å². The van der Waals surface area contributed by atoms with Crippen LogP contribution in [0, 0.1) is 0 Å². The number of hydrogen-bond acceptors (Lipinski definition) is 3. The molecule has 0 atom stereocenters. The van der Waals surface area contributed by atoms with Gasteiger partial charge in [-0.05, 0) is 32.0 Å². The highest BCUT2D eigenvalue weighted by Crippen LogP contribution is 2.26. The molecular formula is C14H15ClN2O3. The quantitative estimate of drug-likeness (QED) is 0.918. The zero-order chi connectivity index (χ0) is 14.7. The molecule has 0 saturated carbocycles. The van der Waals surface area contributed by atoms with E-state index in [-0.39, 0.29) is 10.6 Å². The van der Waals surface area contributed by atoms with Crippen LogP contribution in [0.15, 0.2) is 30.7 Å². The average molecular weight is 295 g/mol. The zero-order valence-corrected chi connectivity index (χ0v) is 12.0. The second-order valence-corrected chi connectivity index (χ2v) is 5.03. The second-order valence-electron chi connectivity index (χ2n) is 4.63. The fourth-order valence-corrected chi connectivity index (χ4v) is 2.05. The molecule has 2 rings (SSSR count). The van der Waals surface area contributed by atoms with Crippen LogP contribution in [0.25, 0.3) is 0 Å². The molecule has 1 aromatic carbocycles. The summed E-state index contributed by atoms with van der Waals surface area (Å²) in [5.74, 6) is -0.565. The fraction of sp³-hybridized carbons (Fsp3) is 0.286. The molecule has 0 aliphatic rings. The van der Waals surface area contributed by atoms with Gasteiger partial charge in [-0.25, -0.2) is 9.78 Å². The minimum absolute atomic E-state index is 0.134. The number of imidazole rings is 1. The lowest BCUT2D eigenvalue weighted by Crippen LogP contribution is -2.07. The Hall–Kier alpha value is -2.01. The lowest BCUT2D eigenvalue weighted by Gasteiger charge is -2.13. The van der Waals surface area contributed by atoms with Crippen molar-refractivity contribution in [1.82, 2.24) is 9.55 Å². The van der Waals surface area contributed by atoms with Crippen LogP contribution in [0.5, 0.6) is 5.75 Å². The molecule has 1 aromatic heterocycles. The van der Waals surface area contributed by atoms with Crippen LogP contribution in [0.3, 0.4) is 0 Å². The van der Waals surface area contributed by atoms with Crippen LogP contribution in [0.1, 0.15) is 35.9 Å². The number of aromatic nitrogens is 2. The Morgan fingerprint density at radius 1 is 1.50 bits per heavy atom. The van der Waals surface area contributed by atoms with E-state index in [9.17, 15) is 4.79 Å². The predicted molar refractivity (Wildman–Crippen MR) is 75.4 cm³/mol. The molecule has 0 amide bonds. The van der Waals surface area contributed by atoms with Crippen molar-refractivity contribution in [3.05, 3.63) is 47.0 Å². The lowest BCUT2D eigenvalue weighted by atomic mass is 10.2.